The molecule has 0 fully saturated rings. The smallest absolute Gasteiger partial charge is 0.294 e. The number of hydrogen-bond acceptors (Lipinski definition) is 14. The van der Waals surface area contributed by atoms with Crippen molar-refractivity contribution in [2.24, 2.45) is 0 Å². The Morgan fingerprint density at radius 1 is 0.742 bits per heavy atom. The fourth-order valence-corrected chi connectivity index (χ4v) is 11.2. The van der Waals surface area contributed by atoms with Crippen molar-refractivity contribution in [3.05, 3.63) is 119 Å². The Kier molecular flexibility index (Phi) is 15.3. The van der Waals surface area contributed by atoms with Crippen LogP contribution in [0.2, 0.25) is 0 Å². The highest BCUT2D eigenvalue weighted by molar-refractivity contribution is 7.94. The average Bonchev–Trinajstić information content (AvgIpc) is 3.77. The highest BCUT2D eigenvalue weighted by atomic mass is 32.2. The Labute approximate surface area is 389 Å². The molecule has 6 N–H and O–H groups in total. The summed E-state index contributed by atoms with van der Waals surface area (Å²) < 4.78 is 140. The van der Waals surface area contributed by atoms with Crippen molar-refractivity contribution < 1.29 is 71.1 Å². The van der Waals surface area contributed by atoms with Crippen molar-refractivity contribution in [3.63, 3.8) is 0 Å². The first-order chi connectivity index (χ1) is 30.7. The third-order valence-corrected chi connectivity index (χ3v) is 15.7. The van der Waals surface area contributed by atoms with Crippen molar-refractivity contribution in [1.29, 1.82) is 0 Å². The highest BCUT2D eigenvalue weighted by Crippen LogP contribution is 2.49. The number of allylic oxidation sites excluding steroid dienone is 7. The molecule has 0 atom stereocenters. The van der Waals surface area contributed by atoms with Crippen molar-refractivity contribution in [2.45, 2.75) is 91.7 Å². The van der Waals surface area contributed by atoms with Crippen LogP contribution in [0.1, 0.15) is 77.3 Å². The molecule has 2 aliphatic heterocycles. The van der Waals surface area contributed by atoms with E-state index >= 15 is 0 Å². The van der Waals surface area contributed by atoms with Gasteiger partial charge in [-0.15, -0.1) is 4.33 Å². The second-order valence-corrected chi connectivity index (χ2v) is 23.9. The van der Waals surface area contributed by atoms with Gasteiger partial charge in [-0.25, -0.2) is 5.26 Å². The molecule has 0 saturated heterocycles. The molecule has 66 heavy (non-hydrogen) atoms. The summed E-state index contributed by atoms with van der Waals surface area (Å²) in [6, 6.07) is 15.5. The van der Waals surface area contributed by atoms with Crippen molar-refractivity contribution in [1.82, 2.24) is 0 Å². The second-order valence-electron chi connectivity index (χ2n) is 17.1. The lowest BCUT2D eigenvalue weighted by atomic mass is 9.81. The first kappa shape index (κ1) is 51.2. The standard InChI is InChI=1S/C43H51N3O15S5/c1-42(2)35-27-32(62-61-60-47)16-18-37(35)45(22-5-7-24-63(48,49)50)39(42)20-14-29-12-13-30(41(29)44-31-10-9-11-33(26-31)65(54,55)56)15-21-40-43(3,4)36-28-34(66(57,58)59)17-19-38(36)46(40)23-6-8-25-64(51,52)53/h9-11,14-21,26-28H,5-8,12-13,22-25H2,1-4H3,(H5,47,48,49,50,51,52,53,54,55,56,57,58,59)/p+1/b30-15?,40-21+. The zero-order valence-corrected chi connectivity index (χ0v) is 40.5. The number of unbranched alkanes of at least 4 members (excludes halogenated alkanes) is 2. The largest absolute Gasteiger partial charge is 0.355 e. The molecule has 0 spiro atoms. The molecule has 3 aromatic carbocycles. The Bertz CT molecular complexity index is 3010. The van der Waals surface area contributed by atoms with E-state index in [1.807, 2.05) is 69.0 Å². The van der Waals surface area contributed by atoms with Crippen LogP contribution < -0.4 is 10.2 Å². The normalized spacial score (nSPS) is 18.6. The molecule has 23 heteroatoms. The lowest BCUT2D eigenvalue weighted by Crippen LogP contribution is -2.28. The Morgan fingerprint density at radius 3 is 2.06 bits per heavy atom. The third-order valence-electron chi connectivity index (χ3n) is 11.8. The number of nitrogens with one attached hydrogen (secondary N) is 1. The quantitative estimate of drug-likeness (QED) is 0.0158. The van der Waals surface area contributed by atoms with Crippen molar-refractivity contribution >= 4 is 75.3 Å². The van der Waals surface area contributed by atoms with E-state index in [1.165, 1.54) is 30.3 Å². The van der Waals surface area contributed by atoms with Crippen LogP contribution in [0.15, 0.2) is 122 Å². The topological polar surface area (TPSA) is 274 Å². The summed E-state index contributed by atoms with van der Waals surface area (Å²) >= 11 is 0.808. The van der Waals surface area contributed by atoms with Crippen LogP contribution >= 0.6 is 12.0 Å². The zero-order chi connectivity index (χ0) is 48.5. The minimum atomic E-state index is -4.56. The molecule has 0 radical (unpaired) electrons. The van der Waals surface area contributed by atoms with E-state index in [4.69, 9.17) is 5.26 Å². The van der Waals surface area contributed by atoms with Crippen LogP contribution in [0.4, 0.5) is 17.1 Å². The van der Waals surface area contributed by atoms with Crippen LogP contribution in [0, 0.1) is 0 Å². The summed E-state index contributed by atoms with van der Waals surface area (Å²) in [5.74, 6) is -0.844. The fraction of sp³-hybridized carbons (Fsp3) is 0.372. The summed E-state index contributed by atoms with van der Waals surface area (Å²) in [4.78, 5) is 1.97. The van der Waals surface area contributed by atoms with E-state index < -0.39 is 62.8 Å². The highest BCUT2D eigenvalue weighted by Gasteiger charge is 2.45. The molecule has 2 heterocycles. The monoisotopic (exact) mass is 1010 g/mol. The summed E-state index contributed by atoms with van der Waals surface area (Å²) in [5.41, 5.74) is 5.72. The van der Waals surface area contributed by atoms with Crippen LogP contribution in [0.5, 0.6) is 0 Å². The predicted molar refractivity (Wildman–Crippen MR) is 249 cm³/mol. The van der Waals surface area contributed by atoms with Crippen LogP contribution in [-0.4, -0.2) is 92.0 Å². The van der Waals surface area contributed by atoms with Crippen molar-refractivity contribution in [2.75, 3.05) is 34.8 Å². The molecule has 358 valence electrons. The molecule has 6 rings (SSSR count). The molecular weight excluding hydrogens is 959 g/mol. The molecule has 0 unspecified atom stereocenters. The van der Waals surface area contributed by atoms with Gasteiger partial charge < -0.3 is 10.2 Å². The van der Waals surface area contributed by atoms with Gasteiger partial charge in [0.15, 0.2) is 5.71 Å². The molecule has 0 saturated carbocycles. The number of hydrogen-bond donors (Lipinski definition) is 6. The van der Waals surface area contributed by atoms with E-state index in [1.54, 1.807) is 18.2 Å². The maximum absolute atomic E-state index is 12.2. The lowest BCUT2D eigenvalue weighted by Gasteiger charge is -2.27. The van der Waals surface area contributed by atoms with Crippen molar-refractivity contribution in [3.8, 4) is 0 Å². The molecule has 0 bridgehead atoms. The van der Waals surface area contributed by atoms with E-state index in [9.17, 15) is 51.9 Å². The average molecular weight is 1010 g/mol. The molecule has 0 aromatic heterocycles. The fourth-order valence-electron chi connectivity index (χ4n) is 8.62. The van der Waals surface area contributed by atoms with Gasteiger partial charge in [0.05, 0.1) is 38.8 Å². The summed E-state index contributed by atoms with van der Waals surface area (Å²) in [5, 5.41) is 15.9. The second kappa shape index (κ2) is 19.8. The number of rotatable bonds is 20. The predicted octanol–water partition coefficient (Wildman–Crippen LogP) is 7.64. The molecule has 3 aliphatic rings. The Hall–Kier alpha value is -4.24. The molecule has 18 nitrogen and oxygen atoms in total. The van der Waals surface area contributed by atoms with Crippen LogP contribution in [-0.2, 0) is 60.7 Å². The first-order valence-corrected chi connectivity index (χ1v) is 27.5. The van der Waals surface area contributed by atoms with E-state index in [0.717, 1.165) is 45.8 Å². The number of nitrogens with zero attached hydrogens (tertiary/aromatic N) is 2. The van der Waals surface area contributed by atoms with E-state index in [0.29, 0.717) is 66.3 Å². The maximum Gasteiger partial charge on any atom is 0.294 e. The lowest BCUT2D eigenvalue weighted by molar-refractivity contribution is -0.438. The van der Waals surface area contributed by atoms with Gasteiger partial charge in [0.2, 0.25) is 5.69 Å². The summed E-state index contributed by atoms with van der Waals surface area (Å²) in [6.07, 6.45) is 9.83. The van der Waals surface area contributed by atoms with Gasteiger partial charge >= 0.3 is 0 Å². The molecule has 3 aromatic rings. The number of anilines is 2. The van der Waals surface area contributed by atoms with Crippen LogP contribution in [0.3, 0.4) is 0 Å². The van der Waals surface area contributed by atoms with Gasteiger partial charge in [-0.2, -0.15) is 38.2 Å². The minimum Gasteiger partial charge on any atom is -0.355 e. The maximum atomic E-state index is 12.2. The zero-order valence-electron chi connectivity index (χ0n) is 36.4. The van der Waals surface area contributed by atoms with Gasteiger partial charge in [-0.1, -0.05) is 37.1 Å². The Morgan fingerprint density at radius 2 is 1.41 bits per heavy atom. The van der Waals surface area contributed by atoms with Gasteiger partial charge in [-0.3, -0.25) is 18.2 Å². The third kappa shape index (κ3) is 12.1. The minimum absolute atomic E-state index is 0.147. The molecular formula is C43H52N3O15S5+. The van der Waals surface area contributed by atoms with Gasteiger partial charge in [0.1, 0.15) is 6.54 Å². The summed E-state index contributed by atoms with van der Waals surface area (Å²) in [6.45, 7) is 8.53. The van der Waals surface area contributed by atoms with Gasteiger partial charge in [0.25, 0.3) is 40.5 Å². The number of benzene rings is 3. The van der Waals surface area contributed by atoms with Gasteiger partial charge in [0, 0.05) is 63.8 Å². The summed E-state index contributed by atoms with van der Waals surface area (Å²) in [7, 11) is -17.5. The van der Waals surface area contributed by atoms with E-state index in [2.05, 4.69) is 19.3 Å². The molecule has 0 amide bonds. The SMILES string of the molecule is CC1(C)C(C=CC2=C(Nc3cccc(S(=O)(=O)O)c3)C(=C/C=C3/N(CCCCS(=O)(=O)O)c4ccc(S(=O)(=O)O)cc4C3(C)C)CC2)=[N+](CCCCS(=O)(=O)O)c2ccc(SOOO)cc21. The molecule has 1 aliphatic carbocycles. The Balaban J connectivity index is 1.46. The first-order valence-electron chi connectivity index (χ1n) is 20.6. The number of fused-ring (bicyclic) bond motifs is 2. The van der Waals surface area contributed by atoms with E-state index in [-0.39, 0.29) is 22.6 Å². The van der Waals surface area contributed by atoms with Gasteiger partial charge in [-0.05, 0) is 117 Å². The van der Waals surface area contributed by atoms with Crippen LogP contribution in [0.25, 0.3) is 0 Å².